The van der Waals surface area contributed by atoms with Gasteiger partial charge in [0.25, 0.3) is 5.91 Å². The molecule has 0 radical (unpaired) electrons. The van der Waals surface area contributed by atoms with Crippen LogP contribution in [-0.4, -0.2) is 25.8 Å². The van der Waals surface area contributed by atoms with E-state index in [-0.39, 0.29) is 5.91 Å². The molecule has 1 amide bonds. The van der Waals surface area contributed by atoms with Crippen molar-refractivity contribution in [2.75, 3.05) is 0 Å². The number of aromatic nitrogens is 3. The van der Waals surface area contributed by atoms with Gasteiger partial charge in [-0.15, -0.1) is 0 Å². The fourth-order valence-corrected chi connectivity index (χ4v) is 2.68. The Labute approximate surface area is 153 Å². The molecule has 3 aromatic rings. The minimum atomic E-state index is -0.138. The minimum Gasteiger partial charge on any atom is -0.329 e. The van der Waals surface area contributed by atoms with E-state index in [1.165, 1.54) is 11.8 Å². The normalized spacial score (nSPS) is 10.5. The van der Waals surface area contributed by atoms with E-state index in [0.717, 1.165) is 23.2 Å². The largest absolute Gasteiger partial charge is 0.329 e. The molecule has 132 valence electrons. The van der Waals surface area contributed by atoms with Gasteiger partial charge >= 0.3 is 0 Å². The van der Waals surface area contributed by atoms with Gasteiger partial charge in [-0.25, -0.2) is 4.98 Å². The van der Waals surface area contributed by atoms with E-state index in [2.05, 4.69) is 46.1 Å². The van der Waals surface area contributed by atoms with Crippen LogP contribution in [-0.2, 0) is 19.5 Å². The summed E-state index contributed by atoms with van der Waals surface area (Å²) in [6, 6.07) is 12.2. The molecular weight excluding hydrogens is 324 g/mol. The highest BCUT2D eigenvalue weighted by Gasteiger charge is 2.18. The first-order valence-electron chi connectivity index (χ1n) is 8.70. The number of rotatable bonds is 6. The summed E-state index contributed by atoms with van der Waals surface area (Å²) in [6.45, 7) is 4.96. The van der Waals surface area contributed by atoms with Crippen molar-refractivity contribution in [3.8, 4) is 0 Å². The minimum absolute atomic E-state index is 0.138. The SMILES string of the molecule is CCc1ccc(CN(Cc2cccnc2)C(=O)c2cnc(C)cn2)cc1. The zero-order chi connectivity index (χ0) is 18.4. The first kappa shape index (κ1) is 17.7. The van der Waals surface area contributed by atoms with Gasteiger partial charge in [0.15, 0.2) is 0 Å². The molecule has 0 aliphatic heterocycles. The van der Waals surface area contributed by atoms with Gasteiger partial charge < -0.3 is 4.90 Å². The van der Waals surface area contributed by atoms with Crippen LogP contribution in [0.2, 0.25) is 0 Å². The zero-order valence-electron chi connectivity index (χ0n) is 15.1. The van der Waals surface area contributed by atoms with Crippen molar-refractivity contribution in [2.45, 2.75) is 33.4 Å². The highest BCUT2D eigenvalue weighted by Crippen LogP contribution is 2.14. The average Bonchev–Trinajstić information content (AvgIpc) is 2.69. The predicted octanol–water partition coefficient (Wildman–Crippen LogP) is 3.59. The van der Waals surface area contributed by atoms with Crippen LogP contribution in [0.5, 0.6) is 0 Å². The number of benzene rings is 1. The number of carbonyl (C=O) groups excluding carboxylic acids is 1. The third kappa shape index (κ3) is 4.51. The molecule has 0 N–H and O–H groups in total. The van der Waals surface area contributed by atoms with Gasteiger partial charge in [-0.3, -0.25) is 14.8 Å². The van der Waals surface area contributed by atoms with Gasteiger partial charge in [0.1, 0.15) is 5.69 Å². The van der Waals surface area contributed by atoms with Crippen molar-refractivity contribution < 1.29 is 4.79 Å². The monoisotopic (exact) mass is 346 g/mol. The lowest BCUT2D eigenvalue weighted by Crippen LogP contribution is -2.31. The smallest absolute Gasteiger partial charge is 0.274 e. The van der Waals surface area contributed by atoms with Crippen molar-refractivity contribution in [3.63, 3.8) is 0 Å². The second kappa shape index (κ2) is 8.34. The Morgan fingerprint density at radius 2 is 1.65 bits per heavy atom. The van der Waals surface area contributed by atoms with Crippen molar-refractivity contribution in [1.29, 1.82) is 0 Å². The van der Waals surface area contributed by atoms with Gasteiger partial charge in [-0.05, 0) is 36.1 Å². The summed E-state index contributed by atoms with van der Waals surface area (Å²) >= 11 is 0. The fraction of sp³-hybridized carbons (Fsp3) is 0.238. The summed E-state index contributed by atoms with van der Waals surface area (Å²) in [5.41, 5.74) is 4.48. The maximum atomic E-state index is 13.0. The van der Waals surface area contributed by atoms with Gasteiger partial charge in [0.2, 0.25) is 0 Å². The Balaban J connectivity index is 1.84. The van der Waals surface area contributed by atoms with Gasteiger partial charge in [0.05, 0.1) is 11.9 Å². The van der Waals surface area contributed by atoms with E-state index in [1.807, 2.05) is 19.1 Å². The maximum Gasteiger partial charge on any atom is 0.274 e. The number of carbonyl (C=O) groups is 1. The molecule has 2 aromatic heterocycles. The number of nitrogens with zero attached hydrogens (tertiary/aromatic N) is 4. The molecule has 0 aliphatic rings. The molecule has 26 heavy (non-hydrogen) atoms. The summed E-state index contributed by atoms with van der Waals surface area (Å²) in [5, 5.41) is 0. The van der Waals surface area contributed by atoms with Crippen LogP contribution in [0.1, 0.15) is 39.8 Å². The Kier molecular flexibility index (Phi) is 5.69. The standard InChI is InChI=1S/C21H22N4O/c1-3-17-6-8-18(9-7-17)14-25(15-19-5-4-10-22-12-19)21(26)20-13-23-16(2)11-24-20/h4-13H,3,14-15H2,1-2H3. The van der Waals surface area contributed by atoms with Crippen molar-refractivity contribution in [3.05, 3.63) is 89.3 Å². The van der Waals surface area contributed by atoms with Crippen LogP contribution >= 0.6 is 0 Å². The Hall–Kier alpha value is -3.08. The molecule has 0 atom stereocenters. The molecular formula is C21H22N4O. The van der Waals surface area contributed by atoms with Gasteiger partial charge in [-0.2, -0.15) is 0 Å². The highest BCUT2D eigenvalue weighted by atomic mass is 16.2. The second-order valence-electron chi connectivity index (χ2n) is 6.24. The molecule has 0 saturated carbocycles. The van der Waals surface area contributed by atoms with E-state index < -0.39 is 0 Å². The molecule has 2 heterocycles. The molecule has 0 bridgehead atoms. The molecule has 0 fully saturated rings. The Bertz CT molecular complexity index is 845. The molecule has 0 aliphatic carbocycles. The molecule has 0 spiro atoms. The van der Waals surface area contributed by atoms with Crippen LogP contribution in [0.15, 0.2) is 61.2 Å². The molecule has 1 aromatic carbocycles. The summed E-state index contributed by atoms with van der Waals surface area (Å²) in [4.78, 5) is 27.3. The number of hydrogen-bond acceptors (Lipinski definition) is 4. The first-order chi connectivity index (χ1) is 12.7. The number of amides is 1. The van der Waals surface area contributed by atoms with E-state index in [4.69, 9.17) is 0 Å². The Morgan fingerprint density at radius 3 is 2.27 bits per heavy atom. The molecule has 0 unspecified atom stereocenters. The van der Waals surface area contributed by atoms with E-state index in [0.29, 0.717) is 18.8 Å². The topological polar surface area (TPSA) is 59.0 Å². The van der Waals surface area contributed by atoms with Crippen LogP contribution in [0.4, 0.5) is 0 Å². The molecule has 5 heteroatoms. The second-order valence-corrected chi connectivity index (χ2v) is 6.24. The lowest BCUT2D eigenvalue weighted by Gasteiger charge is -2.22. The van der Waals surface area contributed by atoms with E-state index in [1.54, 1.807) is 23.5 Å². The summed E-state index contributed by atoms with van der Waals surface area (Å²) in [7, 11) is 0. The zero-order valence-corrected chi connectivity index (χ0v) is 15.1. The third-order valence-corrected chi connectivity index (χ3v) is 4.19. The molecule has 0 saturated heterocycles. The fourth-order valence-electron chi connectivity index (χ4n) is 2.68. The van der Waals surface area contributed by atoms with Gasteiger partial charge in [0, 0.05) is 31.7 Å². The summed E-state index contributed by atoms with van der Waals surface area (Å²) in [6.07, 6.45) is 7.66. The lowest BCUT2D eigenvalue weighted by molar-refractivity contribution is 0.0723. The maximum absolute atomic E-state index is 13.0. The lowest BCUT2D eigenvalue weighted by atomic mass is 10.1. The van der Waals surface area contributed by atoms with E-state index in [9.17, 15) is 4.79 Å². The number of hydrogen-bond donors (Lipinski definition) is 0. The number of pyridine rings is 1. The molecule has 3 rings (SSSR count). The summed E-state index contributed by atoms with van der Waals surface area (Å²) < 4.78 is 0. The van der Waals surface area contributed by atoms with Crippen molar-refractivity contribution in [1.82, 2.24) is 19.9 Å². The Morgan fingerprint density at radius 1 is 0.923 bits per heavy atom. The molecule has 5 nitrogen and oxygen atoms in total. The average molecular weight is 346 g/mol. The summed E-state index contributed by atoms with van der Waals surface area (Å²) in [5.74, 6) is -0.138. The predicted molar refractivity (Wildman–Crippen MR) is 100 cm³/mol. The first-order valence-corrected chi connectivity index (χ1v) is 8.70. The third-order valence-electron chi connectivity index (χ3n) is 4.19. The number of aryl methyl sites for hydroxylation is 2. The highest BCUT2D eigenvalue weighted by molar-refractivity contribution is 5.91. The van der Waals surface area contributed by atoms with Gasteiger partial charge in [-0.1, -0.05) is 37.3 Å². The quantitative estimate of drug-likeness (QED) is 0.684. The van der Waals surface area contributed by atoms with Crippen LogP contribution in [0, 0.1) is 6.92 Å². The van der Waals surface area contributed by atoms with Crippen molar-refractivity contribution in [2.24, 2.45) is 0 Å². The van der Waals surface area contributed by atoms with Crippen LogP contribution in [0.3, 0.4) is 0 Å². The van der Waals surface area contributed by atoms with Crippen LogP contribution < -0.4 is 0 Å². The van der Waals surface area contributed by atoms with E-state index >= 15 is 0 Å². The van der Waals surface area contributed by atoms with Crippen LogP contribution in [0.25, 0.3) is 0 Å². The van der Waals surface area contributed by atoms with Crippen molar-refractivity contribution >= 4 is 5.91 Å².